The zero-order chi connectivity index (χ0) is 24.2. The van der Waals surface area contributed by atoms with Gasteiger partial charge in [0, 0.05) is 5.02 Å². The number of benzene rings is 3. The lowest BCUT2D eigenvalue weighted by molar-refractivity contribution is 0.102. The highest BCUT2D eigenvalue weighted by atomic mass is 35.5. The van der Waals surface area contributed by atoms with Crippen LogP contribution >= 0.6 is 11.6 Å². The molecule has 0 fully saturated rings. The zero-order valence-electron chi connectivity index (χ0n) is 17.9. The normalized spacial score (nSPS) is 10.9. The molecule has 11 heteroatoms. The summed E-state index contributed by atoms with van der Waals surface area (Å²) in [4.78, 5) is 12.7. The van der Waals surface area contributed by atoms with Gasteiger partial charge in [-0.1, -0.05) is 17.7 Å². The number of sulfonamides is 1. The fourth-order valence-corrected chi connectivity index (χ4v) is 4.28. The van der Waals surface area contributed by atoms with E-state index in [2.05, 4.69) is 10.0 Å². The minimum atomic E-state index is -4.03. The maximum absolute atomic E-state index is 12.9. The number of phenols is 1. The summed E-state index contributed by atoms with van der Waals surface area (Å²) < 4.78 is 43.8. The van der Waals surface area contributed by atoms with Crippen molar-refractivity contribution in [2.75, 3.05) is 31.4 Å². The number of hydrogen-bond donors (Lipinski definition) is 3. The first kappa shape index (κ1) is 24.0. The number of anilines is 2. The Bertz CT molecular complexity index is 1300. The number of rotatable bonds is 8. The molecule has 0 atom stereocenters. The number of phenolic OH excluding ortho intramolecular Hbond substituents is 1. The van der Waals surface area contributed by atoms with E-state index in [4.69, 9.17) is 25.8 Å². The molecule has 174 valence electrons. The van der Waals surface area contributed by atoms with Gasteiger partial charge in [0.15, 0.2) is 11.5 Å². The summed E-state index contributed by atoms with van der Waals surface area (Å²) in [6, 6.07) is 12.7. The molecule has 3 aromatic carbocycles. The molecule has 0 radical (unpaired) electrons. The van der Waals surface area contributed by atoms with Gasteiger partial charge in [0.25, 0.3) is 15.9 Å². The van der Waals surface area contributed by atoms with Crippen LogP contribution in [-0.4, -0.2) is 40.8 Å². The summed E-state index contributed by atoms with van der Waals surface area (Å²) >= 11 is 5.90. The molecule has 0 aliphatic rings. The van der Waals surface area contributed by atoms with E-state index in [-0.39, 0.29) is 39.1 Å². The van der Waals surface area contributed by atoms with Crippen LogP contribution in [0, 0.1) is 0 Å². The first-order valence-corrected chi connectivity index (χ1v) is 11.3. The first-order valence-electron chi connectivity index (χ1n) is 9.42. The molecule has 3 rings (SSSR count). The number of methoxy groups -OCH3 is 3. The van der Waals surface area contributed by atoms with Crippen molar-refractivity contribution in [1.82, 2.24) is 0 Å². The Morgan fingerprint density at radius 1 is 0.939 bits per heavy atom. The molecule has 0 aromatic heterocycles. The Balaban J connectivity index is 1.93. The maximum Gasteiger partial charge on any atom is 0.261 e. The van der Waals surface area contributed by atoms with E-state index < -0.39 is 15.9 Å². The second kappa shape index (κ2) is 9.88. The van der Waals surface area contributed by atoms with E-state index in [1.54, 1.807) is 12.1 Å². The molecule has 3 aromatic rings. The Morgan fingerprint density at radius 2 is 1.67 bits per heavy atom. The van der Waals surface area contributed by atoms with Crippen LogP contribution in [-0.2, 0) is 10.0 Å². The van der Waals surface area contributed by atoms with Gasteiger partial charge in [-0.05, 0) is 48.5 Å². The standard InChI is InChI=1S/C22H21ClN2O7S/c1-30-19-10-8-16(20(31-2)21(19)32-3)22(27)24-17-12-15(7-9-18(17)26)33(28,29)25-14-6-4-5-13(23)11-14/h4-12,25-26H,1-3H3,(H,24,27). The minimum Gasteiger partial charge on any atom is -0.506 e. The number of hydrogen-bond acceptors (Lipinski definition) is 7. The Morgan fingerprint density at radius 3 is 2.30 bits per heavy atom. The molecule has 0 unspecified atom stereocenters. The average Bonchev–Trinajstić information content (AvgIpc) is 2.78. The number of carbonyl (C=O) groups excluding carboxylic acids is 1. The SMILES string of the molecule is COc1ccc(C(=O)Nc2cc(S(=O)(=O)Nc3cccc(Cl)c3)ccc2O)c(OC)c1OC. The first-order chi connectivity index (χ1) is 15.7. The third kappa shape index (κ3) is 5.24. The summed E-state index contributed by atoms with van der Waals surface area (Å²) in [5.74, 6) is -0.321. The fraction of sp³-hybridized carbons (Fsp3) is 0.136. The van der Waals surface area contributed by atoms with Crippen LogP contribution in [0.3, 0.4) is 0 Å². The second-order valence-corrected chi connectivity index (χ2v) is 8.75. The van der Waals surface area contributed by atoms with Crippen LogP contribution in [0.1, 0.15) is 10.4 Å². The van der Waals surface area contributed by atoms with Gasteiger partial charge in [-0.2, -0.15) is 0 Å². The third-order valence-corrected chi connectivity index (χ3v) is 6.17. The van der Waals surface area contributed by atoms with E-state index in [1.165, 1.54) is 51.7 Å². The van der Waals surface area contributed by atoms with Crippen molar-refractivity contribution >= 4 is 38.9 Å². The minimum absolute atomic E-state index is 0.0832. The topological polar surface area (TPSA) is 123 Å². The van der Waals surface area contributed by atoms with Crippen molar-refractivity contribution in [2.24, 2.45) is 0 Å². The van der Waals surface area contributed by atoms with Gasteiger partial charge in [0.1, 0.15) is 5.75 Å². The Hall–Kier alpha value is -3.63. The second-order valence-electron chi connectivity index (χ2n) is 6.63. The molecule has 0 bridgehead atoms. The number of ether oxygens (including phenoxy) is 3. The highest BCUT2D eigenvalue weighted by molar-refractivity contribution is 7.92. The van der Waals surface area contributed by atoms with Gasteiger partial charge in [0.05, 0.1) is 43.2 Å². The molecule has 9 nitrogen and oxygen atoms in total. The maximum atomic E-state index is 12.9. The van der Waals surface area contributed by atoms with E-state index >= 15 is 0 Å². The van der Waals surface area contributed by atoms with Crippen molar-refractivity contribution in [3.8, 4) is 23.0 Å². The predicted molar refractivity (Wildman–Crippen MR) is 124 cm³/mol. The number of halogens is 1. The Kier molecular flexibility index (Phi) is 7.19. The van der Waals surface area contributed by atoms with Crippen molar-refractivity contribution in [1.29, 1.82) is 0 Å². The van der Waals surface area contributed by atoms with Crippen molar-refractivity contribution in [3.63, 3.8) is 0 Å². The van der Waals surface area contributed by atoms with E-state index in [1.807, 2.05) is 0 Å². The molecule has 0 saturated carbocycles. The van der Waals surface area contributed by atoms with E-state index in [0.717, 1.165) is 12.1 Å². The number of carbonyl (C=O) groups is 1. The third-order valence-electron chi connectivity index (χ3n) is 4.55. The summed E-state index contributed by atoms with van der Waals surface area (Å²) in [6.07, 6.45) is 0. The molecule has 0 spiro atoms. The van der Waals surface area contributed by atoms with Crippen molar-refractivity contribution in [2.45, 2.75) is 4.90 Å². The number of amides is 1. The average molecular weight is 493 g/mol. The highest BCUT2D eigenvalue weighted by Gasteiger charge is 2.23. The van der Waals surface area contributed by atoms with Crippen LogP contribution in [0.2, 0.25) is 5.02 Å². The van der Waals surface area contributed by atoms with Crippen LogP contribution in [0.5, 0.6) is 23.0 Å². The largest absolute Gasteiger partial charge is 0.506 e. The zero-order valence-corrected chi connectivity index (χ0v) is 19.5. The lowest BCUT2D eigenvalue weighted by atomic mass is 10.1. The lowest BCUT2D eigenvalue weighted by Crippen LogP contribution is -2.16. The molecular weight excluding hydrogens is 472 g/mol. The summed E-state index contributed by atoms with van der Waals surface area (Å²) in [6.45, 7) is 0. The molecule has 0 aliphatic heterocycles. The molecule has 0 aliphatic carbocycles. The van der Waals surface area contributed by atoms with Crippen LogP contribution in [0.25, 0.3) is 0 Å². The Labute approximate surface area is 195 Å². The van der Waals surface area contributed by atoms with Gasteiger partial charge < -0.3 is 24.6 Å². The van der Waals surface area contributed by atoms with E-state index in [9.17, 15) is 18.3 Å². The molecule has 33 heavy (non-hydrogen) atoms. The molecule has 3 N–H and O–H groups in total. The summed E-state index contributed by atoms with van der Waals surface area (Å²) in [5.41, 5.74) is 0.224. The summed E-state index contributed by atoms with van der Waals surface area (Å²) in [5, 5.41) is 13.1. The van der Waals surface area contributed by atoms with Crippen LogP contribution in [0.4, 0.5) is 11.4 Å². The van der Waals surface area contributed by atoms with Gasteiger partial charge in [-0.15, -0.1) is 0 Å². The summed E-state index contributed by atoms with van der Waals surface area (Å²) in [7, 11) is 0.168. The van der Waals surface area contributed by atoms with E-state index in [0.29, 0.717) is 10.8 Å². The van der Waals surface area contributed by atoms with Gasteiger partial charge in [0.2, 0.25) is 5.75 Å². The lowest BCUT2D eigenvalue weighted by Gasteiger charge is -2.16. The van der Waals surface area contributed by atoms with Gasteiger partial charge in [-0.3, -0.25) is 9.52 Å². The highest BCUT2D eigenvalue weighted by Crippen LogP contribution is 2.40. The van der Waals surface area contributed by atoms with Gasteiger partial charge >= 0.3 is 0 Å². The van der Waals surface area contributed by atoms with Crippen molar-refractivity contribution in [3.05, 3.63) is 65.2 Å². The van der Waals surface area contributed by atoms with Crippen LogP contribution in [0.15, 0.2) is 59.5 Å². The molecular formula is C22H21ClN2O7S. The van der Waals surface area contributed by atoms with Crippen molar-refractivity contribution < 1.29 is 32.5 Å². The fourth-order valence-electron chi connectivity index (χ4n) is 3.02. The number of aromatic hydroxyl groups is 1. The quantitative estimate of drug-likeness (QED) is 0.404. The van der Waals surface area contributed by atoms with Gasteiger partial charge in [-0.25, -0.2) is 8.42 Å². The molecule has 1 amide bonds. The van der Waals surface area contributed by atoms with Crippen LogP contribution < -0.4 is 24.2 Å². The monoisotopic (exact) mass is 492 g/mol. The predicted octanol–water partition coefficient (Wildman–Crippen LogP) is 4.12. The molecule has 0 heterocycles. The number of nitrogens with one attached hydrogen (secondary N) is 2. The molecule has 0 saturated heterocycles. The smallest absolute Gasteiger partial charge is 0.261 e.